The number of carbonyl (C=O) groups excluding carboxylic acids is 1. The second-order valence-corrected chi connectivity index (χ2v) is 6.00. The van der Waals surface area contributed by atoms with Crippen LogP contribution in [-0.2, 0) is 7.05 Å². The Hall–Kier alpha value is -1.56. The minimum absolute atomic E-state index is 0.0953. The number of anilines is 1. The second-order valence-electron chi connectivity index (χ2n) is 6.00. The molecule has 1 aromatic heterocycles. The first-order valence-corrected chi connectivity index (χ1v) is 7.40. The fraction of sp³-hybridized carbons (Fsp3) is 0.714. The zero-order valence-electron chi connectivity index (χ0n) is 12.2. The molecule has 2 unspecified atom stereocenters. The molecule has 1 amide bonds. The Kier molecular flexibility index (Phi) is 3.41. The van der Waals surface area contributed by atoms with E-state index < -0.39 is 0 Å². The van der Waals surface area contributed by atoms with Gasteiger partial charge in [-0.25, -0.2) is 0 Å². The molecule has 3 rings (SSSR count). The minimum atomic E-state index is -0.0953. The van der Waals surface area contributed by atoms with Crippen molar-refractivity contribution >= 4 is 11.6 Å². The summed E-state index contributed by atoms with van der Waals surface area (Å²) in [5, 5.41) is 7.34. The van der Waals surface area contributed by atoms with Crippen LogP contribution in [-0.4, -0.2) is 45.8 Å². The molecule has 0 bridgehead atoms. The van der Waals surface area contributed by atoms with Crippen LogP contribution in [0.25, 0.3) is 0 Å². The molecule has 0 aliphatic carbocycles. The molecule has 6 heteroatoms. The maximum atomic E-state index is 12.4. The SMILES string of the molecule is Cc1nn(C)c(C(=O)NC2CCN3CCCC3C2)c1N. The first kappa shape index (κ1) is 13.4. The van der Waals surface area contributed by atoms with Crippen molar-refractivity contribution in [3.63, 3.8) is 0 Å². The van der Waals surface area contributed by atoms with E-state index in [9.17, 15) is 4.79 Å². The monoisotopic (exact) mass is 277 g/mol. The van der Waals surface area contributed by atoms with E-state index in [0.717, 1.165) is 19.4 Å². The average Bonchev–Trinajstić information content (AvgIpc) is 2.94. The summed E-state index contributed by atoms with van der Waals surface area (Å²) in [4.78, 5) is 14.9. The minimum Gasteiger partial charge on any atom is -0.395 e. The fourth-order valence-corrected chi connectivity index (χ4v) is 3.55. The molecule has 2 saturated heterocycles. The molecular formula is C14H23N5O. The number of nitrogen functional groups attached to an aromatic ring is 1. The molecule has 2 atom stereocenters. The second kappa shape index (κ2) is 5.09. The normalized spacial score (nSPS) is 26.5. The number of piperidine rings is 1. The quantitative estimate of drug-likeness (QED) is 0.833. The molecular weight excluding hydrogens is 254 g/mol. The van der Waals surface area contributed by atoms with Gasteiger partial charge in [-0.3, -0.25) is 9.48 Å². The molecule has 0 aromatic carbocycles. The number of nitrogens with one attached hydrogen (secondary N) is 1. The van der Waals surface area contributed by atoms with Crippen molar-refractivity contribution in [3.05, 3.63) is 11.4 Å². The molecule has 3 heterocycles. The molecule has 6 nitrogen and oxygen atoms in total. The lowest BCUT2D eigenvalue weighted by atomic mass is 9.97. The lowest BCUT2D eigenvalue weighted by Crippen LogP contribution is -2.47. The Labute approximate surface area is 119 Å². The highest BCUT2D eigenvalue weighted by Gasteiger charge is 2.32. The van der Waals surface area contributed by atoms with Crippen molar-refractivity contribution in [2.24, 2.45) is 7.05 Å². The number of fused-ring (bicyclic) bond motifs is 1. The van der Waals surface area contributed by atoms with E-state index in [-0.39, 0.29) is 11.9 Å². The number of nitrogens with two attached hydrogens (primary N) is 1. The largest absolute Gasteiger partial charge is 0.395 e. The summed E-state index contributed by atoms with van der Waals surface area (Å²) in [5.41, 5.74) is 7.63. The van der Waals surface area contributed by atoms with Gasteiger partial charge < -0.3 is 16.0 Å². The third kappa shape index (κ3) is 2.28. The topological polar surface area (TPSA) is 76.2 Å². The number of amides is 1. The van der Waals surface area contributed by atoms with Gasteiger partial charge in [0.05, 0.1) is 11.4 Å². The van der Waals surface area contributed by atoms with Gasteiger partial charge in [-0.15, -0.1) is 0 Å². The predicted octanol–water partition coefficient (Wildman–Crippen LogP) is 0.667. The van der Waals surface area contributed by atoms with Gasteiger partial charge in [0.15, 0.2) is 0 Å². The summed E-state index contributed by atoms with van der Waals surface area (Å²) in [5.74, 6) is -0.0953. The molecule has 20 heavy (non-hydrogen) atoms. The van der Waals surface area contributed by atoms with Crippen molar-refractivity contribution < 1.29 is 4.79 Å². The third-order valence-electron chi connectivity index (χ3n) is 4.64. The first-order valence-electron chi connectivity index (χ1n) is 7.40. The Bertz CT molecular complexity index is 524. The Morgan fingerprint density at radius 1 is 1.40 bits per heavy atom. The molecule has 2 aliphatic heterocycles. The van der Waals surface area contributed by atoms with Crippen LogP contribution in [0.2, 0.25) is 0 Å². The summed E-state index contributed by atoms with van der Waals surface area (Å²) in [7, 11) is 1.76. The smallest absolute Gasteiger partial charge is 0.271 e. The Balaban J connectivity index is 1.67. The van der Waals surface area contributed by atoms with Crippen molar-refractivity contribution in [2.45, 2.75) is 44.7 Å². The van der Waals surface area contributed by atoms with E-state index in [1.807, 2.05) is 6.92 Å². The summed E-state index contributed by atoms with van der Waals surface area (Å²) in [6, 6.07) is 0.913. The fourth-order valence-electron chi connectivity index (χ4n) is 3.55. The molecule has 2 aliphatic rings. The molecule has 3 N–H and O–H groups in total. The highest BCUT2D eigenvalue weighted by molar-refractivity contribution is 5.98. The zero-order valence-corrected chi connectivity index (χ0v) is 12.2. The van der Waals surface area contributed by atoms with Crippen LogP contribution < -0.4 is 11.1 Å². The zero-order chi connectivity index (χ0) is 14.3. The van der Waals surface area contributed by atoms with Gasteiger partial charge in [-0.2, -0.15) is 5.10 Å². The summed E-state index contributed by atoms with van der Waals surface area (Å²) in [6.07, 6.45) is 4.64. The Morgan fingerprint density at radius 2 is 2.20 bits per heavy atom. The number of aromatic nitrogens is 2. The van der Waals surface area contributed by atoms with Crippen LogP contribution in [0.5, 0.6) is 0 Å². The molecule has 0 saturated carbocycles. The van der Waals surface area contributed by atoms with Gasteiger partial charge in [-0.1, -0.05) is 0 Å². The van der Waals surface area contributed by atoms with Crippen LogP contribution in [0, 0.1) is 6.92 Å². The Morgan fingerprint density at radius 3 is 2.90 bits per heavy atom. The summed E-state index contributed by atoms with van der Waals surface area (Å²) in [6.45, 7) is 4.14. The number of hydrogen-bond donors (Lipinski definition) is 2. The van der Waals surface area contributed by atoms with E-state index in [1.54, 1.807) is 11.7 Å². The van der Waals surface area contributed by atoms with Gasteiger partial charge in [0.25, 0.3) is 5.91 Å². The van der Waals surface area contributed by atoms with E-state index in [1.165, 1.54) is 19.4 Å². The van der Waals surface area contributed by atoms with Gasteiger partial charge in [0.1, 0.15) is 5.69 Å². The number of rotatable bonds is 2. The maximum Gasteiger partial charge on any atom is 0.271 e. The number of aryl methyl sites for hydroxylation is 2. The molecule has 2 fully saturated rings. The summed E-state index contributed by atoms with van der Waals surface area (Å²) >= 11 is 0. The lowest BCUT2D eigenvalue weighted by Gasteiger charge is -2.35. The molecule has 0 spiro atoms. The summed E-state index contributed by atoms with van der Waals surface area (Å²) < 4.78 is 1.57. The average molecular weight is 277 g/mol. The van der Waals surface area contributed by atoms with Gasteiger partial charge in [0, 0.05) is 25.7 Å². The van der Waals surface area contributed by atoms with Crippen molar-refractivity contribution in [2.75, 3.05) is 18.8 Å². The van der Waals surface area contributed by atoms with Gasteiger partial charge >= 0.3 is 0 Å². The third-order valence-corrected chi connectivity index (χ3v) is 4.64. The standard InChI is InChI=1S/C14H23N5O/c1-9-12(15)13(18(2)17-9)14(20)16-10-5-7-19-6-3-4-11(19)8-10/h10-11H,3-8,15H2,1-2H3,(H,16,20). The number of carbonyl (C=O) groups is 1. The molecule has 1 aromatic rings. The van der Waals surface area contributed by atoms with E-state index in [0.29, 0.717) is 23.1 Å². The van der Waals surface area contributed by atoms with Crippen LogP contribution in [0.1, 0.15) is 41.9 Å². The predicted molar refractivity (Wildman–Crippen MR) is 77.4 cm³/mol. The van der Waals surface area contributed by atoms with Gasteiger partial charge in [0.2, 0.25) is 0 Å². The number of hydrogen-bond acceptors (Lipinski definition) is 4. The van der Waals surface area contributed by atoms with Crippen molar-refractivity contribution in [1.82, 2.24) is 20.0 Å². The van der Waals surface area contributed by atoms with Crippen LogP contribution in [0.15, 0.2) is 0 Å². The number of nitrogens with zero attached hydrogens (tertiary/aromatic N) is 3. The maximum absolute atomic E-state index is 12.4. The van der Waals surface area contributed by atoms with Crippen molar-refractivity contribution in [3.8, 4) is 0 Å². The van der Waals surface area contributed by atoms with Crippen molar-refractivity contribution in [1.29, 1.82) is 0 Å². The first-order chi connectivity index (χ1) is 9.56. The highest BCUT2D eigenvalue weighted by atomic mass is 16.2. The van der Waals surface area contributed by atoms with Crippen LogP contribution in [0.4, 0.5) is 5.69 Å². The van der Waals surface area contributed by atoms with Crippen LogP contribution in [0.3, 0.4) is 0 Å². The highest BCUT2D eigenvalue weighted by Crippen LogP contribution is 2.27. The van der Waals surface area contributed by atoms with Crippen LogP contribution >= 0.6 is 0 Å². The lowest BCUT2D eigenvalue weighted by molar-refractivity contribution is 0.0888. The van der Waals surface area contributed by atoms with E-state index in [4.69, 9.17) is 5.73 Å². The van der Waals surface area contributed by atoms with Gasteiger partial charge in [-0.05, 0) is 39.2 Å². The molecule has 110 valence electrons. The molecule has 0 radical (unpaired) electrons. The van der Waals surface area contributed by atoms with E-state index in [2.05, 4.69) is 15.3 Å². The van der Waals surface area contributed by atoms with E-state index >= 15 is 0 Å².